The molecule has 0 fully saturated rings. The fourth-order valence-corrected chi connectivity index (χ4v) is 1.94. The number of nitrogens with two attached hydrogens (primary N) is 1. The lowest BCUT2D eigenvalue weighted by Gasteiger charge is -2.39. The molecule has 0 spiro atoms. The Hall–Kier alpha value is -1.09. The molecule has 3 N–H and O–H groups in total. The normalized spacial score (nSPS) is 15.3. The lowest BCUT2D eigenvalue weighted by molar-refractivity contribution is -0.440. The zero-order valence-electron chi connectivity index (χ0n) is 12.0. The molecule has 0 heterocycles. The van der Waals surface area contributed by atoms with E-state index in [0.717, 1.165) is 0 Å². The standard InChI is InChI=1S/C10H9F13N2S/c11-5(12,2-1-3-26-4(24)25)6(13,14)7(15,16)8(17,18)9(19,20)10(21,22)23/h1-3H2,(H3,24,25). The molecule has 0 radical (unpaired) electrons. The summed E-state index contributed by atoms with van der Waals surface area (Å²) in [6.45, 7) is 0. The summed E-state index contributed by atoms with van der Waals surface area (Å²) in [5, 5.41) is 5.96. The molecule has 0 bridgehead atoms. The van der Waals surface area contributed by atoms with E-state index < -0.39 is 59.6 Å². The fraction of sp³-hybridized carbons (Fsp3) is 0.900. The predicted octanol–water partition coefficient (Wildman–Crippen LogP) is 5.13. The molecule has 0 unspecified atom stereocenters. The van der Waals surface area contributed by atoms with E-state index in [2.05, 4.69) is 0 Å². The molecule has 0 saturated heterocycles. The Balaban J connectivity index is 5.74. The molecular formula is C10H9F13N2S. The van der Waals surface area contributed by atoms with Crippen LogP contribution in [0.25, 0.3) is 0 Å². The zero-order chi connectivity index (χ0) is 21.4. The average Bonchev–Trinajstić information content (AvgIpc) is 2.41. The summed E-state index contributed by atoms with van der Waals surface area (Å²) in [6, 6.07) is 0. The van der Waals surface area contributed by atoms with Crippen LogP contribution in [0, 0.1) is 5.41 Å². The van der Waals surface area contributed by atoms with Gasteiger partial charge in [0.15, 0.2) is 5.17 Å². The van der Waals surface area contributed by atoms with E-state index in [-0.39, 0.29) is 11.8 Å². The van der Waals surface area contributed by atoms with Crippen molar-refractivity contribution in [3.8, 4) is 0 Å². The Bertz CT molecular complexity index is 514. The van der Waals surface area contributed by atoms with Gasteiger partial charge in [-0.25, -0.2) is 0 Å². The monoisotopic (exact) mass is 436 g/mol. The van der Waals surface area contributed by atoms with E-state index in [4.69, 9.17) is 11.1 Å². The SMILES string of the molecule is N=C(N)SCCCC(F)(F)C(F)(F)C(F)(F)C(F)(F)C(F)(F)C(F)(F)F. The molecule has 156 valence electrons. The van der Waals surface area contributed by atoms with Crippen LogP contribution in [0.1, 0.15) is 12.8 Å². The van der Waals surface area contributed by atoms with E-state index in [0.29, 0.717) is 0 Å². The highest BCUT2D eigenvalue weighted by atomic mass is 32.2. The van der Waals surface area contributed by atoms with Gasteiger partial charge in [-0.1, -0.05) is 11.8 Å². The Morgan fingerprint density at radius 3 is 1.42 bits per heavy atom. The molecule has 2 nitrogen and oxygen atoms in total. The van der Waals surface area contributed by atoms with E-state index in [1.54, 1.807) is 0 Å². The second-order valence-electron chi connectivity index (χ2n) is 4.82. The van der Waals surface area contributed by atoms with Crippen LogP contribution in [0.4, 0.5) is 57.1 Å². The number of thioether (sulfide) groups is 1. The highest BCUT2D eigenvalue weighted by Gasteiger charge is 2.90. The molecule has 0 saturated carbocycles. The van der Waals surface area contributed by atoms with Crippen LogP contribution in [-0.4, -0.2) is 46.7 Å². The smallest absolute Gasteiger partial charge is 0.379 e. The number of rotatable bonds is 8. The van der Waals surface area contributed by atoms with Crippen molar-refractivity contribution in [2.75, 3.05) is 5.75 Å². The molecule has 0 rings (SSSR count). The van der Waals surface area contributed by atoms with Crippen molar-refractivity contribution in [3.63, 3.8) is 0 Å². The van der Waals surface area contributed by atoms with Crippen LogP contribution in [0.2, 0.25) is 0 Å². The Kier molecular flexibility index (Phi) is 6.85. The molecule has 0 aromatic heterocycles. The van der Waals surface area contributed by atoms with Crippen molar-refractivity contribution < 1.29 is 57.1 Å². The average molecular weight is 436 g/mol. The van der Waals surface area contributed by atoms with E-state index >= 15 is 0 Å². The Morgan fingerprint density at radius 1 is 0.692 bits per heavy atom. The summed E-state index contributed by atoms with van der Waals surface area (Å²) in [4.78, 5) is 0. The topological polar surface area (TPSA) is 49.9 Å². The van der Waals surface area contributed by atoms with Crippen molar-refractivity contribution in [1.29, 1.82) is 5.41 Å². The first-order valence-corrected chi connectivity index (χ1v) is 7.08. The van der Waals surface area contributed by atoms with Crippen LogP contribution < -0.4 is 5.73 Å². The fourth-order valence-electron chi connectivity index (χ4n) is 1.44. The van der Waals surface area contributed by atoms with Gasteiger partial charge in [0.2, 0.25) is 0 Å². The third-order valence-corrected chi connectivity index (χ3v) is 3.69. The van der Waals surface area contributed by atoms with Gasteiger partial charge in [-0.2, -0.15) is 57.1 Å². The molecule has 0 aliphatic heterocycles. The number of hydrogen-bond acceptors (Lipinski definition) is 2. The van der Waals surface area contributed by atoms with Crippen molar-refractivity contribution in [3.05, 3.63) is 0 Å². The van der Waals surface area contributed by atoms with Crippen molar-refractivity contribution in [2.45, 2.75) is 48.6 Å². The van der Waals surface area contributed by atoms with Gasteiger partial charge in [-0.15, -0.1) is 0 Å². The quantitative estimate of drug-likeness (QED) is 0.240. The number of nitrogens with one attached hydrogen (secondary N) is 1. The van der Waals surface area contributed by atoms with Gasteiger partial charge in [0, 0.05) is 12.2 Å². The predicted molar refractivity (Wildman–Crippen MR) is 64.4 cm³/mol. The van der Waals surface area contributed by atoms with Gasteiger partial charge in [-0.3, -0.25) is 5.41 Å². The van der Waals surface area contributed by atoms with Crippen LogP contribution in [0.5, 0.6) is 0 Å². The lowest BCUT2D eigenvalue weighted by atomic mass is 9.92. The Morgan fingerprint density at radius 2 is 1.08 bits per heavy atom. The number of amidine groups is 1. The highest BCUT2D eigenvalue weighted by Crippen LogP contribution is 2.60. The summed E-state index contributed by atoms with van der Waals surface area (Å²) in [5.41, 5.74) is 4.74. The summed E-state index contributed by atoms with van der Waals surface area (Å²) in [5.74, 6) is -37.3. The Labute approximate surface area is 140 Å². The first-order valence-electron chi connectivity index (χ1n) is 6.09. The van der Waals surface area contributed by atoms with Crippen molar-refractivity contribution in [2.24, 2.45) is 5.73 Å². The molecule has 0 aromatic carbocycles. The van der Waals surface area contributed by atoms with E-state index in [9.17, 15) is 57.1 Å². The lowest BCUT2D eigenvalue weighted by Crippen LogP contribution is -2.70. The maximum Gasteiger partial charge on any atom is 0.460 e. The maximum atomic E-state index is 13.3. The summed E-state index contributed by atoms with van der Waals surface area (Å²) >= 11 is 0.282. The number of alkyl halides is 13. The minimum atomic E-state index is -7.88. The third-order valence-electron chi connectivity index (χ3n) is 2.89. The van der Waals surface area contributed by atoms with Crippen LogP contribution in [-0.2, 0) is 0 Å². The molecule has 0 aromatic rings. The first kappa shape index (κ1) is 24.9. The minimum absolute atomic E-state index is 0.282. The molecule has 0 aliphatic carbocycles. The molecule has 16 heteroatoms. The summed E-state index contributed by atoms with van der Waals surface area (Å²) < 4.78 is 166. The van der Waals surface area contributed by atoms with Crippen molar-refractivity contribution >= 4 is 16.9 Å². The molecule has 0 atom stereocenters. The van der Waals surface area contributed by atoms with E-state index in [1.165, 1.54) is 0 Å². The van der Waals surface area contributed by atoms with Crippen LogP contribution >= 0.6 is 11.8 Å². The minimum Gasteiger partial charge on any atom is -0.379 e. The zero-order valence-corrected chi connectivity index (χ0v) is 12.8. The second-order valence-corrected chi connectivity index (χ2v) is 5.95. The summed E-state index contributed by atoms with van der Waals surface area (Å²) in [7, 11) is 0. The van der Waals surface area contributed by atoms with Gasteiger partial charge < -0.3 is 5.73 Å². The van der Waals surface area contributed by atoms with Crippen LogP contribution in [0.3, 0.4) is 0 Å². The molecular weight excluding hydrogens is 427 g/mol. The van der Waals surface area contributed by atoms with Gasteiger partial charge in [0.1, 0.15) is 0 Å². The number of halogens is 13. The van der Waals surface area contributed by atoms with Gasteiger partial charge in [0.05, 0.1) is 0 Å². The second kappa shape index (κ2) is 7.14. The van der Waals surface area contributed by atoms with Crippen molar-refractivity contribution in [1.82, 2.24) is 0 Å². The third kappa shape index (κ3) is 4.08. The largest absolute Gasteiger partial charge is 0.460 e. The molecule has 0 amide bonds. The molecule has 26 heavy (non-hydrogen) atoms. The van der Waals surface area contributed by atoms with Gasteiger partial charge in [-0.05, 0) is 6.42 Å². The van der Waals surface area contributed by atoms with Gasteiger partial charge in [0.25, 0.3) is 0 Å². The summed E-state index contributed by atoms with van der Waals surface area (Å²) in [6.07, 6.45) is -10.8. The molecule has 0 aliphatic rings. The first-order chi connectivity index (χ1) is 11.2. The maximum absolute atomic E-state index is 13.3. The van der Waals surface area contributed by atoms with Gasteiger partial charge >= 0.3 is 35.8 Å². The number of hydrogen-bond donors (Lipinski definition) is 2. The highest BCUT2D eigenvalue weighted by molar-refractivity contribution is 8.13. The van der Waals surface area contributed by atoms with E-state index in [1.807, 2.05) is 0 Å². The van der Waals surface area contributed by atoms with Crippen LogP contribution in [0.15, 0.2) is 0 Å².